The molecule has 0 aliphatic heterocycles. The molecule has 1 heteroatoms. The van der Waals surface area contributed by atoms with Gasteiger partial charge in [0.2, 0.25) is 0 Å². The van der Waals surface area contributed by atoms with Gasteiger partial charge in [0, 0.05) is 0 Å². The molecule has 0 aliphatic rings. The topological polar surface area (TPSA) is 20.2 Å². The lowest BCUT2D eigenvalue weighted by molar-refractivity contribution is 0.0776. The van der Waals surface area contributed by atoms with Crippen LogP contribution in [0.25, 0.3) is 0 Å². The third kappa shape index (κ3) is 3.88. The van der Waals surface area contributed by atoms with Gasteiger partial charge < -0.3 is 5.11 Å². The second-order valence-electron chi connectivity index (χ2n) is 3.94. The van der Waals surface area contributed by atoms with E-state index in [-0.39, 0.29) is 0 Å². The molecule has 15 heavy (non-hydrogen) atoms. The van der Waals surface area contributed by atoms with E-state index in [0.717, 1.165) is 19.3 Å². The highest BCUT2D eigenvalue weighted by molar-refractivity contribution is 5.15. The fourth-order valence-corrected chi connectivity index (χ4v) is 1.69. The van der Waals surface area contributed by atoms with Crippen LogP contribution in [0.4, 0.5) is 0 Å². The summed E-state index contributed by atoms with van der Waals surface area (Å²) in [5.74, 6) is 0. The standard InChI is InChI=1S/C14H20O/c1-3-11-14(15,4-2)12-10-13-8-6-5-7-9-13/h3,5-9,11,15H,4,10,12H2,1-2H3/b11-3+/t14-/m0/s1. The third-order valence-electron chi connectivity index (χ3n) is 2.78. The molecule has 82 valence electrons. The van der Waals surface area contributed by atoms with Crippen molar-refractivity contribution in [1.82, 2.24) is 0 Å². The molecule has 0 bridgehead atoms. The fraction of sp³-hybridized carbons (Fsp3) is 0.429. The van der Waals surface area contributed by atoms with E-state index in [0.29, 0.717) is 0 Å². The molecule has 0 saturated carbocycles. The van der Waals surface area contributed by atoms with Crippen molar-refractivity contribution in [1.29, 1.82) is 0 Å². The molecular formula is C14H20O. The Hall–Kier alpha value is -1.08. The predicted octanol–water partition coefficient (Wildman–Crippen LogP) is 3.34. The number of benzene rings is 1. The largest absolute Gasteiger partial charge is 0.386 e. The smallest absolute Gasteiger partial charge is 0.0828 e. The third-order valence-corrected chi connectivity index (χ3v) is 2.78. The van der Waals surface area contributed by atoms with Crippen LogP contribution in [0.1, 0.15) is 32.3 Å². The first-order chi connectivity index (χ1) is 7.20. The number of aliphatic hydroxyl groups is 1. The van der Waals surface area contributed by atoms with Gasteiger partial charge >= 0.3 is 0 Å². The molecule has 1 atom stereocenters. The van der Waals surface area contributed by atoms with E-state index in [1.807, 2.05) is 44.2 Å². The molecule has 0 spiro atoms. The lowest BCUT2D eigenvalue weighted by atomic mass is 9.92. The van der Waals surface area contributed by atoms with Crippen molar-refractivity contribution in [3.05, 3.63) is 48.0 Å². The van der Waals surface area contributed by atoms with Gasteiger partial charge in [-0.1, -0.05) is 49.4 Å². The van der Waals surface area contributed by atoms with Gasteiger partial charge in [0.1, 0.15) is 0 Å². The Balaban J connectivity index is 2.55. The van der Waals surface area contributed by atoms with Crippen LogP contribution in [0.15, 0.2) is 42.5 Å². The maximum atomic E-state index is 10.2. The first kappa shape index (κ1) is 12.0. The van der Waals surface area contributed by atoms with E-state index >= 15 is 0 Å². The molecule has 1 rings (SSSR count). The van der Waals surface area contributed by atoms with E-state index in [9.17, 15) is 5.11 Å². The van der Waals surface area contributed by atoms with Gasteiger partial charge in [0.05, 0.1) is 5.60 Å². The summed E-state index contributed by atoms with van der Waals surface area (Å²) in [7, 11) is 0. The van der Waals surface area contributed by atoms with Gasteiger partial charge in [-0.05, 0) is 31.7 Å². The van der Waals surface area contributed by atoms with Crippen LogP contribution < -0.4 is 0 Å². The van der Waals surface area contributed by atoms with E-state index in [2.05, 4.69) is 12.1 Å². The van der Waals surface area contributed by atoms with Gasteiger partial charge in [-0.25, -0.2) is 0 Å². The van der Waals surface area contributed by atoms with Crippen molar-refractivity contribution in [3.63, 3.8) is 0 Å². The van der Waals surface area contributed by atoms with E-state index in [4.69, 9.17) is 0 Å². The first-order valence-electron chi connectivity index (χ1n) is 5.60. The Labute approximate surface area is 92.5 Å². The molecule has 0 aliphatic carbocycles. The second kappa shape index (κ2) is 5.72. The molecule has 1 nitrogen and oxygen atoms in total. The molecule has 0 unspecified atom stereocenters. The van der Waals surface area contributed by atoms with Crippen LogP contribution in [-0.2, 0) is 6.42 Å². The van der Waals surface area contributed by atoms with E-state index in [1.165, 1.54) is 5.56 Å². The average Bonchev–Trinajstić information content (AvgIpc) is 2.28. The second-order valence-corrected chi connectivity index (χ2v) is 3.94. The van der Waals surface area contributed by atoms with Gasteiger partial charge in [0.25, 0.3) is 0 Å². The molecule has 0 saturated heterocycles. The molecule has 1 aromatic rings. The van der Waals surface area contributed by atoms with Crippen LogP contribution in [-0.4, -0.2) is 10.7 Å². The SMILES string of the molecule is C/C=C/[C@@](O)(CC)CCc1ccccc1. The van der Waals surface area contributed by atoms with Gasteiger partial charge in [0.15, 0.2) is 0 Å². The number of aryl methyl sites for hydroxylation is 1. The fourth-order valence-electron chi connectivity index (χ4n) is 1.69. The Morgan fingerprint density at radius 2 is 1.93 bits per heavy atom. The summed E-state index contributed by atoms with van der Waals surface area (Å²) in [5.41, 5.74) is 0.652. The first-order valence-corrected chi connectivity index (χ1v) is 5.60. The van der Waals surface area contributed by atoms with Crippen LogP contribution in [0.5, 0.6) is 0 Å². The van der Waals surface area contributed by atoms with Gasteiger partial charge in [-0.3, -0.25) is 0 Å². The molecule has 0 radical (unpaired) electrons. The monoisotopic (exact) mass is 204 g/mol. The Kier molecular flexibility index (Phi) is 4.57. The van der Waals surface area contributed by atoms with E-state index in [1.54, 1.807) is 0 Å². The number of rotatable bonds is 5. The zero-order valence-electron chi connectivity index (χ0n) is 9.61. The molecule has 1 aromatic carbocycles. The van der Waals surface area contributed by atoms with Crippen molar-refractivity contribution in [3.8, 4) is 0 Å². The number of hydrogen-bond acceptors (Lipinski definition) is 1. The molecule has 1 N–H and O–H groups in total. The predicted molar refractivity (Wildman–Crippen MR) is 64.8 cm³/mol. The highest BCUT2D eigenvalue weighted by Crippen LogP contribution is 2.19. The summed E-state index contributed by atoms with van der Waals surface area (Å²) >= 11 is 0. The zero-order chi connectivity index (χ0) is 11.1. The normalized spacial score (nSPS) is 15.4. The highest BCUT2D eigenvalue weighted by Gasteiger charge is 2.19. The summed E-state index contributed by atoms with van der Waals surface area (Å²) in [6.07, 6.45) is 6.31. The Bertz CT molecular complexity index is 302. The Morgan fingerprint density at radius 3 is 2.47 bits per heavy atom. The molecular weight excluding hydrogens is 184 g/mol. The van der Waals surface area contributed by atoms with Crippen LogP contribution >= 0.6 is 0 Å². The molecule has 0 fully saturated rings. The zero-order valence-corrected chi connectivity index (χ0v) is 9.61. The summed E-state index contributed by atoms with van der Waals surface area (Å²) in [6, 6.07) is 10.3. The number of hydrogen-bond donors (Lipinski definition) is 1. The summed E-state index contributed by atoms with van der Waals surface area (Å²) < 4.78 is 0. The van der Waals surface area contributed by atoms with Crippen molar-refractivity contribution in [2.75, 3.05) is 0 Å². The lowest BCUT2D eigenvalue weighted by Gasteiger charge is -2.22. The maximum absolute atomic E-state index is 10.2. The highest BCUT2D eigenvalue weighted by atomic mass is 16.3. The van der Waals surface area contributed by atoms with E-state index < -0.39 is 5.60 Å². The minimum atomic E-state index is -0.634. The van der Waals surface area contributed by atoms with Crippen molar-refractivity contribution in [2.24, 2.45) is 0 Å². The molecule has 0 amide bonds. The summed E-state index contributed by atoms with van der Waals surface area (Å²) in [6.45, 7) is 3.97. The summed E-state index contributed by atoms with van der Waals surface area (Å²) in [5, 5.41) is 10.2. The lowest BCUT2D eigenvalue weighted by Crippen LogP contribution is -2.25. The van der Waals surface area contributed by atoms with Crippen molar-refractivity contribution in [2.45, 2.75) is 38.7 Å². The minimum absolute atomic E-state index is 0.634. The van der Waals surface area contributed by atoms with Crippen molar-refractivity contribution >= 4 is 0 Å². The van der Waals surface area contributed by atoms with Gasteiger partial charge in [-0.2, -0.15) is 0 Å². The summed E-state index contributed by atoms with van der Waals surface area (Å²) in [4.78, 5) is 0. The maximum Gasteiger partial charge on any atom is 0.0828 e. The van der Waals surface area contributed by atoms with Crippen LogP contribution in [0, 0.1) is 0 Å². The molecule has 0 aromatic heterocycles. The van der Waals surface area contributed by atoms with Crippen LogP contribution in [0.2, 0.25) is 0 Å². The quantitative estimate of drug-likeness (QED) is 0.729. The van der Waals surface area contributed by atoms with Crippen LogP contribution in [0.3, 0.4) is 0 Å². The number of allylic oxidation sites excluding steroid dienone is 1. The minimum Gasteiger partial charge on any atom is -0.386 e. The van der Waals surface area contributed by atoms with Crippen molar-refractivity contribution < 1.29 is 5.11 Å². The van der Waals surface area contributed by atoms with Gasteiger partial charge in [-0.15, -0.1) is 0 Å². The average molecular weight is 204 g/mol. The Morgan fingerprint density at radius 1 is 1.27 bits per heavy atom. The molecule has 0 heterocycles.